The van der Waals surface area contributed by atoms with Crippen LogP contribution in [0, 0.1) is 0 Å². The van der Waals surface area contributed by atoms with E-state index in [4.69, 9.17) is 4.74 Å². The highest BCUT2D eigenvalue weighted by Gasteiger charge is 2.33. The van der Waals surface area contributed by atoms with E-state index in [1.807, 2.05) is 6.92 Å². The molecule has 1 aliphatic heterocycles. The summed E-state index contributed by atoms with van der Waals surface area (Å²) in [7, 11) is 0. The number of carbonyl (C=O) groups is 1. The first-order valence-corrected chi connectivity index (χ1v) is 8.67. The molecule has 140 valence electrons. The van der Waals surface area contributed by atoms with Crippen LogP contribution in [0.5, 0.6) is 0 Å². The van der Waals surface area contributed by atoms with Gasteiger partial charge in [-0.3, -0.25) is 4.79 Å². The fraction of sp³-hybridized carbons (Fsp3) is 0.611. The Hall–Kier alpha value is -1.60. The quantitative estimate of drug-likeness (QED) is 0.775. The van der Waals surface area contributed by atoms with Crippen molar-refractivity contribution in [3.05, 3.63) is 29.8 Å². The first kappa shape index (κ1) is 19.7. The van der Waals surface area contributed by atoms with Gasteiger partial charge in [0.15, 0.2) is 0 Å². The molecule has 1 aromatic carbocycles. The second-order valence-corrected chi connectivity index (χ2v) is 6.43. The number of nitrogens with one attached hydrogen (secondary N) is 2. The summed E-state index contributed by atoms with van der Waals surface area (Å²) in [6.45, 7) is 3.37. The molecule has 0 radical (unpaired) electrons. The largest absolute Gasteiger partial charge is 0.418 e. The molecule has 25 heavy (non-hydrogen) atoms. The number of alkyl halides is 3. The van der Waals surface area contributed by atoms with E-state index in [0.717, 1.165) is 38.5 Å². The van der Waals surface area contributed by atoms with Crippen molar-refractivity contribution in [2.45, 2.75) is 57.3 Å². The van der Waals surface area contributed by atoms with Crippen LogP contribution in [0.1, 0.15) is 44.6 Å². The fourth-order valence-electron chi connectivity index (χ4n) is 2.92. The van der Waals surface area contributed by atoms with Gasteiger partial charge < -0.3 is 15.4 Å². The first-order chi connectivity index (χ1) is 11.9. The minimum Gasteiger partial charge on any atom is -0.378 e. The van der Waals surface area contributed by atoms with Crippen LogP contribution in [0.25, 0.3) is 0 Å². The molecule has 0 spiro atoms. The molecule has 2 unspecified atom stereocenters. The molecule has 2 N–H and O–H groups in total. The predicted molar refractivity (Wildman–Crippen MR) is 90.4 cm³/mol. The second-order valence-electron chi connectivity index (χ2n) is 6.43. The van der Waals surface area contributed by atoms with Gasteiger partial charge >= 0.3 is 6.18 Å². The van der Waals surface area contributed by atoms with E-state index in [2.05, 4.69) is 10.6 Å². The summed E-state index contributed by atoms with van der Waals surface area (Å²) in [6, 6.07) is 4.87. The Balaban J connectivity index is 1.76. The van der Waals surface area contributed by atoms with Crippen molar-refractivity contribution in [2.24, 2.45) is 0 Å². The number of rotatable bonds is 7. The van der Waals surface area contributed by atoms with Gasteiger partial charge in [-0.15, -0.1) is 0 Å². The van der Waals surface area contributed by atoms with Crippen LogP contribution in [0.2, 0.25) is 0 Å². The van der Waals surface area contributed by atoms with Gasteiger partial charge in [-0.2, -0.15) is 13.2 Å². The summed E-state index contributed by atoms with van der Waals surface area (Å²) >= 11 is 0. The minimum absolute atomic E-state index is 0.109. The summed E-state index contributed by atoms with van der Waals surface area (Å²) in [5.74, 6) is -0.439. The van der Waals surface area contributed by atoms with Crippen molar-refractivity contribution in [3.63, 3.8) is 0 Å². The molecule has 7 heteroatoms. The van der Waals surface area contributed by atoms with E-state index in [1.165, 1.54) is 24.6 Å². The van der Waals surface area contributed by atoms with Crippen LogP contribution < -0.4 is 10.6 Å². The molecule has 0 bridgehead atoms. The number of para-hydroxylation sites is 1. The molecule has 0 saturated carbocycles. The lowest BCUT2D eigenvalue weighted by Crippen LogP contribution is -2.33. The number of ether oxygens (including phenoxy) is 1. The van der Waals surface area contributed by atoms with Crippen molar-refractivity contribution in [3.8, 4) is 0 Å². The third kappa shape index (κ3) is 6.66. The Kier molecular flexibility index (Phi) is 7.25. The highest BCUT2D eigenvalue weighted by molar-refractivity contribution is 5.92. The predicted octanol–water partition coefficient (Wildman–Crippen LogP) is 3.97. The smallest absolute Gasteiger partial charge is 0.378 e. The average Bonchev–Trinajstić information content (AvgIpc) is 2.55. The van der Waals surface area contributed by atoms with E-state index in [-0.39, 0.29) is 24.3 Å². The number of halogens is 3. The van der Waals surface area contributed by atoms with Gasteiger partial charge in [0, 0.05) is 19.1 Å². The Labute approximate surface area is 146 Å². The van der Waals surface area contributed by atoms with Crippen molar-refractivity contribution in [1.29, 1.82) is 0 Å². The maximum absolute atomic E-state index is 12.9. The van der Waals surface area contributed by atoms with Crippen molar-refractivity contribution >= 4 is 11.6 Å². The maximum Gasteiger partial charge on any atom is 0.418 e. The van der Waals surface area contributed by atoms with Gasteiger partial charge in [0.1, 0.15) is 0 Å². The zero-order valence-electron chi connectivity index (χ0n) is 14.4. The van der Waals surface area contributed by atoms with Gasteiger partial charge in [-0.05, 0) is 51.3 Å². The van der Waals surface area contributed by atoms with Crippen LogP contribution in [0.4, 0.5) is 18.9 Å². The van der Waals surface area contributed by atoms with E-state index < -0.39 is 17.6 Å². The van der Waals surface area contributed by atoms with Gasteiger partial charge in [0.2, 0.25) is 5.91 Å². The molecule has 0 aromatic heterocycles. The molecule has 1 saturated heterocycles. The second kappa shape index (κ2) is 9.20. The Morgan fingerprint density at radius 3 is 2.76 bits per heavy atom. The molecule has 1 amide bonds. The zero-order valence-corrected chi connectivity index (χ0v) is 14.4. The summed E-state index contributed by atoms with van der Waals surface area (Å²) in [4.78, 5) is 12.0. The van der Waals surface area contributed by atoms with E-state index in [0.29, 0.717) is 0 Å². The fourth-order valence-corrected chi connectivity index (χ4v) is 2.92. The number of hydrogen-bond donors (Lipinski definition) is 2. The van der Waals surface area contributed by atoms with Crippen LogP contribution >= 0.6 is 0 Å². The van der Waals surface area contributed by atoms with Crippen LogP contribution in [0.15, 0.2) is 24.3 Å². The molecule has 1 heterocycles. The lowest BCUT2D eigenvalue weighted by Gasteiger charge is -2.23. The van der Waals surface area contributed by atoms with Crippen LogP contribution in [-0.4, -0.2) is 31.2 Å². The average molecular weight is 358 g/mol. The molecule has 1 fully saturated rings. The molecular weight excluding hydrogens is 333 g/mol. The number of anilines is 1. The topological polar surface area (TPSA) is 50.4 Å². The highest BCUT2D eigenvalue weighted by Crippen LogP contribution is 2.34. The first-order valence-electron chi connectivity index (χ1n) is 8.67. The molecule has 1 aromatic rings. The molecule has 0 aliphatic carbocycles. The summed E-state index contributed by atoms with van der Waals surface area (Å²) in [5.41, 5.74) is -1.04. The summed E-state index contributed by atoms with van der Waals surface area (Å²) in [6.07, 6.45) is 0.112. The van der Waals surface area contributed by atoms with Crippen molar-refractivity contribution < 1.29 is 22.7 Å². The van der Waals surface area contributed by atoms with E-state index in [9.17, 15) is 18.0 Å². The lowest BCUT2D eigenvalue weighted by atomic mass is 10.1. The lowest BCUT2D eigenvalue weighted by molar-refractivity contribution is -0.137. The van der Waals surface area contributed by atoms with Crippen molar-refractivity contribution in [2.75, 3.05) is 18.5 Å². The van der Waals surface area contributed by atoms with Crippen LogP contribution in [0.3, 0.4) is 0 Å². The van der Waals surface area contributed by atoms with Gasteiger partial charge in [-0.25, -0.2) is 0 Å². The monoisotopic (exact) mass is 358 g/mol. The van der Waals surface area contributed by atoms with Gasteiger partial charge in [0.05, 0.1) is 17.4 Å². The molecule has 2 atom stereocenters. The maximum atomic E-state index is 12.9. The highest BCUT2D eigenvalue weighted by atomic mass is 19.4. The van der Waals surface area contributed by atoms with E-state index >= 15 is 0 Å². The third-order valence-electron chi connectivity index (χ3n) is 4.23. The number of benzene rings is 1. The normalized spacial score (nSPS) is 19.4. The molecular formula is C18H25F3N2O2. The molecule has 2 rings (SSSR count). The Morgan fingerprint density at radius 2 is 2.08 bits per heavy atom. The summed E-state index contributed by atoms with van der Waals surface area (Å²) in [5, 5.41) is 5.59. The van der Waals surface area contributed by atoms with E-state index in [1.54, 1.807) is 0 Å². The molecule has 1 aliphatic rings. The third-order valence-corrected chi connectivity index (χ3v) is 4.23. The number of amides is 1. The number of hydrogen-bond acceptors (Lipinski definition) is 3. The van der Waals surface area contributed by atoms with Gasteiger partial charge in [0.25, 0.3) is 0 Å². The minimum atomic E-state index is -4.49. The SMILES string of the molecule is CC(CC(=O)Nc1ccccc1C(F)(F)F)NCCC1CCCCO1. The Bertz CT molecular complexity index is 557. The Morgan fingerprint density at radius 1 is 1.32 bits per heavy atom. The standard InChI is InChI=1S/C18H25F3N2O2/c1-13(22-10-9-14-6-4-5-11-25-14)12-17(24)23-16-8-3-2-7-15(16)18(19,20)21/h2-3,7-8,13-14,22H,4-6,9-12H2,1H3,(H,23,24). The molecule has 4 nitrogen and oxygen atoms in total. The summed E-state index contributed by atoms with van der Waals surface area (Å²) < 4.78 is 44.4. The van der Waals surface area contributed by atoms with Gasteiger partial charge in [-0.1, -0.05) is 12.1 Å². The zero-order chi connectivity index (χ0) is 18.3. The van der Waals surface area contributed by atoms with Crippen molar-refractivity contribution in [1.82, 2.24) is 5.32 Å². The number of carbonyl (C=O) groups excluding carboxylic acids is 1. The van der Waals surface area contributed by atoms with Crippen LogP contribution in [-0.2, 0) is 15.7 Å².